The van der Waals surface area contributed by atoms with Crippen LogP contribution in [0.4, 0.5) is 0 Å². The molecule has 0 aliphatic carbocycles. The zero-order chi connectivity index (χ0) is 20.6. The predicted molar refractivity (Wildman–Crippen MR) is 115 cm³/mol. The average Bonchev–Trinajstić information content (AvgIpc) is 3.13. The number of nitrogens with zero attached hydrogens (tertiary/aromatic N) is 4. The lowest BCUT2D eigenvalue weighted by Gasteiger charge is -2.10. The summed E-state index contributed by atoms with van der Waals surface area (Å²) in [5.41, 5.74) is 3.91. The van der Waals surface area contributed by atoms with E-state index < -0.39 is 6.04 Å². The number of benzene rings is 1. The van der Waals surface area contributed by atoms with Crippen molar-refractivity contribution in [2.24, 2.45) is 4.99 Å². The molecule has 5 nitrogen and oxygen atoms in total. The van der Waals surface area contributed by atoms with E-state index in [2.05, 4.69) is 24.0 Å². The molecule has 0 saturated heterocycles. The van der Waals surface area contributed by atoms with Gasteiger partial charge in [0.1, 0.15) is 10.8 Å². The molecular weight excluding hydrogens is 392 g/mol. The van der Waals surface area contributed by atoms with Gasteiger partial charge in [-0.05, 0) is 45.4 Å². The minimum atomic E-state index is -0.679. The molecule has 1 aromatic carbocycles. The molecule has 0 radical (unpaired) electrons. The van der Waals surface area contributed by atoms with Crippen LogP contribution in [0.25, 0.3) is 5.00 Å². The highest BCUT2D eigenvalue weighted by Crippen LogP contribution is 2.38. The maximum atomic E-state index is 12.4. The summed E-state index contributed by atoms with van der Waals surface area (Å²) < 4.78 is 1.97. The fourth-order valence-corrected chi connectivity index (χ4v) is 4.54. The van der Waals surface area contributed by atoms with Crippen molar-refractivity contribution in [1.29, 1.82) is 0 Å². The quantitative estimate of drug-likeness (QED) is 0.562. The molecule has 0 fully saturated rings. The van der Waals surface area contributed by atoms with Crippen LogP contribution >= 0.6 is 22.9 Å². The topological polar surface area (TPSA) is 60.1 Å². The van der Waals surface area contributed by atoms with Gasteiger partial charge in [-0.25, -0.2) is 0 Å². The summed E-state index contributed by atoms with van der Waals surface area (Å²) in [6, 6.07) is 6.88. The maximum Gasteiger partial charge on any atom is 0.170 e. The molecule has 0 N–H and O–H groups in total. The monoisotopic (exact) mass is 414 g/mol. The van der Waals surface area contributed by atoms with Crippen LogP contribution in [-0.4, -0.2) is 26.3 Å². The molecule has 0 spiro atoms. The predicted octanol–water partition coefficient (Wildman–Crippen LogP) is 5.41. The van der Waals surface area contributed by atoms with E-state index in [0.717, 1.165) is 33.2 Å². The molecule has 0 bridgehead atoms. The number of halogens is 1. The molecule has 1 atom stereocenters. The van der Waals surface area contributed by atoms with Gasteiger partial charge in [0.25, 0.3) is 0 Å². The Morgan fingerprint density at radius 2 is 1.75 bits per heavy atom. The highest BCUT2D eigenvalue weighted by atomic mass is 35.5. The lowest BCUT2D eigenvalue weighted by atomic mass is 9.99. The van der Waals surface area contributed by atoms with Crippen LogP contribution in [0.5, 0.6) is 0 Å². The molecule has 1 aliphatic rings. The van der Waals surface area contributed by atoms with Gasteiger partial charge in [0.15, 0.2) is 17.6 Å². The zero-order valence-electron chi connectivity index (χ0n) is 16.9. The van der Waals surface area contributed by atoms with Crippen molar-refractivity contribution in [1.82, 2.24) is 14.8 Å². The largest absolute Gasteiger partial charge is 0.297 e. The van der Waals surface area contributed by atoms with Gasteiger partial charge in [-0.3, -0.25) is 14.4 Å². The molecule has 7 heteroatoms. The summed E-state index contributed by atoms with van der Waals surface area (Å²) in [6.07, 6.45) is 0. The van der Waals surface area contributed by atoms with Crippen molar-refractivity contribution in [2.45, 2.75) is 47.6 Å². The number of fused-ring (bicyclic) bond motifs is 3. The number of hydrogen-bond acceptors (Lipinski definition) is 5. The number of carbonyl (C=O) groups excluding carboxylic acids is 1. The maximum absolute atomic E-state index is 12.4. The summed E-state index contributed by atoms with van der Waals surface area (Å²) in [7, 11) is 0. The summed E-state index contributed by atoms with van der Waals surface area (Å²) >= 11 is 7.73. The van der Waals surface area contributed by atoms with Crippen molar-refractivity contribution in [3.63, 3.8) is 0 Å². The van der Waals surface area contributed by atoms with E-state index >= 15 is 0 Å². The van der Waals surface area contributed by atoms with Gasteiger partial charge < -0.3 is 0 Å². The first-order valence-electron chi connectivity index (χ1n) is 9.25. The van der Waals surface area contributed by atoms with E-state index in [9.17, 15) is 4.79 Å². The Labute approximate surface area is 174 Å². The number of Topliss-reactive ketones (excluding diaryl/α,β-unsaturated/α-hetero) is 1. The number of aliphatic imine (C=N–C) groups is 1. The van der Waals surface area contributed by atoms with Crippen molar-refractivity contribution in [2.75, 3.05) is 0 Å². The molecule has 1 aliphatic heterocycles. The molecule has 146 valence electrons. The number of rotatable bonds is 2. The van der Waals surface area contributed by atoms with E-state index in [0.29, 0.717) is 10.8 Å². The summed E-state index contributed by atoms with van der Waals surface area (Å²) in [5.74, 6) is 1.26. The van der Waals surface area contributed by atoms with Gasteiger partial charge in [0.05, 0.1) is 5.71 Å². The molecule has 28 heavy (non-hydrogen) atoms. The van der Waals surface area contributed by atoms with Gasteiger partial charge in [0, 0.05) is 21.0 Å². The Hall–Kier alpha value is -2.31. The third kappa shape index (κ3) is 3.31. The Balaban J connectivity index is 0.00000109. The van der Waals surface area contributed by atoms with Gasteiger partial charge >= 0.3 is 0 Å². The number of ketones is 1. The first-order chi connectivity index (χ1) is 13.4. The van der Waals surface area contributed by atoms with Crippen LogP contribution in [0.15, 0.2) is 29.3 Å². The molecule has 0 saturated carbocycles. The molecule has 4 rings (SSSR count). The van der Waals surface area contributed by atoms with E-state index in [-0.39, 0.29) is 5.78 Å². The first kappa shape index (κ1) is 20.4. The number of aryl methyl sites for hydroxylation is 2. The summed E-state index contributed by atoms with van der Waals surface area (Å²) in [6.45, 7) is 11.6. The van der Waals surface area contributed by atoms with E-state index in [1.807, 2.05) is 49.6 Å². The number of aromatic nitrogens is 3. The normalized spacial score (nSPS) is 15.0. The summed E-state index contributed by atoms with van der Waals surface area (Å²) in [5, 5.41) is 10.1. The zero-order valence-corrected chi connectivity index (χ0v) is 18.4. The second kappa shape index (κ2) is 7.97. The minimum Gasteiger partial charge on any atom is -0.297 e. The second-order valence-electron chi connectivity index (χ2n) is 6.40. The lowest BCUT2D eigenvalue weighted by molar-refractivity contribution is -0.118. The molecule has 1 unspecified atom stereocenters. The van der Waals surface area contributed by atoms with E-state index in [1.54, 1.807) is 18.3 Å². The van der Waals surface area contributed by atoms with Crippen LogP contribution in [0.1, 0.15) is 60.0 Å². The van der Waals surface area contributed by atoms with Crippen molar-refractivity contribution in [3.05, 3.63) is 62.5 Å². The second-order valence-corrected chi connectivity index (χ2v) is 8.04. The minimum absolute atomic E-state index is 0.0605. The number of carbonyl (C=O) groups is 1. The molecule has 2 aromatic heterocycles. The number of hydrogen-bond donors (Lipinski definition) is 0. The molecule has 3 aromatic rings. The molecule has 0 amide bonds. The van der Waals surface area contributed by atoms with Gasteiger partial charge in [-0.15, -0.1) is 21.5 Å². The highest BCUT2D eigenvalue weighted by molar-refractivity contribution is 7.15. The van der Waals surface area contributed by atoms with E-state index in [1.165, 1.54) is 4.88 Å². The Morgan fingerprint density at radius 3 is 2.36 bits per heavy atom. The van der Waals surface area contributed by atoms with Gasteiger partial charge in [-0.1, -0.05) is 37.6 Å². The highest BCUT2D eigenvalue weighted by Gasteiger charge is 2.33. The Bertz CT molecular complexity index is 1060. The standard InChI is InChI=1S/C19H17ClN4OS.C2H6/c1-9-11(3)26-19-15(9)17(13-5-7-14(20)8-6-13)21-16(10(2)25)18-23-22-12(4)24(18)19;1-2/h5-8,16H,1-4H3;1-2H3. The van der Waals surface area contributed by atoms with Crippen LogP contribution in [0.3, 0.4) is 0 Å². The third-order valence-corrected chi connectivity index (χ3v) is 6.11. The van der Waals surface area contributed by atoms with Crippen LogP contribution in [0, 0.1) is 20.8 Å². The molecule has 3 heterocycles. The van der Waals surface area contributed by atoms with E-state index in [4.69, 9.17) is 16.6 Å². The van der Waals surface area contributed by atoms with Crippen LogP contribution in [-0.2, 0) is 4.79 Å². The number of thiophene rings is 1. The van der Waals surface area contributed by atoms with Crippen molar-refractivity contribution >= 4 is 34.4 Å². The summed E-state index contributed by atoms with van der Waals surface area (Å²) in [4.78, 5) is 18.4. The Morgan fingerprint density at radius 1 is 1.11 bits per heavy atom. The lowest BCUT2D eigenvalue weighted by Crippen LogP contribution is -2.13. The smallest absolute Gasteiger partial charge is 0.170 e. The average molecular weight is 415 g/mol. The third-order valence-electron chi connectivity index (χ3n) is 4.66. The van der Waals surface area contributed by atoms with Crippen LogP contribution < -0.4 is 0 Å². The first-order valence-corrected chi connectivity index (χ1v) is 10.4. The molecular formula is C21H23ClN4OS. The SMILES string of the molecule is CC.CC(=O)C1N=C(c2ccc(Cl)cc2)c2c(sc(C)c2C)-n2c(C)nnc21. The van der Waals surface area contributed by atoms with Crippen molar-refractivity contribution in [3.8, 4) is 5.00 Å². The Kier molecular flexibility index (Phi) is 5.82. The van der Waals surface area contributed by atoms with Gasteiger partial charge in [0.2, 0.25) is 0 Å². The fourth-order valence-electron chi connectivity index (χ4n) is 3.20. The van der Waals surface area contributed by atoms with Gasteiger partial charge in [-0.2, -0.15) is 0 Å². The van der Waals surface area contributed by atoms with Crippen LogP contribution in [0.2, 0.25) is 5.02 Å². The fraction of sp³-hybridized carbons (Fsp3) is 0.333. The van der Waals surface area contributed by atoms with Crippen molar-refractivity contribution < 1.29 is 4.79 Å².